The number of amides is 1. The van der Waals surface area contributed by atoms with Crippen LogP contribution < -0.4 is 5.01 Å². The van der Waals surface area contributed by atoms with E-state index in [9.17, 15) is 9.59 Å². The van der Waals surface area contributed by atoms with Crippen LogP contribution in [0.2, 0.25) is 0 Å². The summed E-state index contributed by atoms with van der Waals surface area (Å²) in [6, 6.07) is 9.15. The number of ketones is 1. The van der Waals surface area contributed by atoms with Crippen molar-refractivity contribution in [3.63, 3.8) is 0 Å². The molecule has 0 aliphatic carbocycles. The van der Waals surface area contributed by atoms with E-state index < -0.39 is 5.92 Å². The van der Waals surface area contributed by atoms with Crippen LogP contribution in [0.1, 0.15) is 20.3 Å². The molecule has 0 aromatic heterocycles. The minimum atomic E-state index is -0.590. The number of hydrogen-bond donors (Lipinski definition) is 0. The van der Waals surface area contributed by atoms with Crippen LogP contribution >= 0.6 is 0 Å². The zero-order valence-corrected chi connectivity index (χ0v) is 9.88. The zero-order valence-electron chi connectivity index (χ0n) is 9.88. The van der Waals surface area contributed by atoms with Crippen LogP contribution in [0.3, 0.4) is 0 Å². The molecule has 0 fully saturated rings. The Balaban J connectivity index is 2.38. The predicted molar refractivity (Wildman–Crippen MR) is 65.8 cm³/mol. The molecule has 1 heterocycles. The number of anilines is 1. The second-order valence-corrected chi connectivity index (χ2v) is 4.19. The van der Waals surface area contributed by atoms with Gasteiger partial charge < -0.3 is 0 Å². The maximum absolute atomic E-state index is 12.1. The highest BCUT2D eigenvalue weighted by atomic mass is 16.2. The molecule has 1 amide bonds. The predicted octanol–water partition coefficient (Wildman–Crippen LogP) is 2.00. The molecule has 1 aromatic carbocycles. The lowest BCUT2D eigenvalue weighted by Gasteiger charge is -2.27. The van der Waals surface area contributed by atoms with Gasteiger partial charge in [0, 0.05) is 12.1 Å². The summed E-state index contributed by atoms with van der Waals surface area (Å²) in [4.78, 5) is 23.5. The average Bonchev–Trinajstić information content (AvgIpc) is 2.32. The van der Waals surface area contributed by atoms with Crippen LogP contribution in [0.15, 0.2) is 35.4 Å². The molecular formula is C13H14N2O2. The van der Waals surface area contributed by atoms with E-state index in [0.717, 1.165) is 5.71 Å². The van der Waals surface area contributed by atoms with Crippen LogP contribution in [0.5, 0.6) is 0 Å². The fraction of sp³-hybridized carbons (Fsp3) is 0.308. The van der Waals surface area contributed by atoms with Crippen molar-refractivity contribution in [2.45, 2.75) is 20.3 Å². The van der Waals surface area contributed by atoms with Crippen LogP contribution in [-0.2, 0) is 9.59 Å². The SMILES string of the molecule is CC(=O)[C@H]1CC(C)=NN(c2ccccc2)C1=O. The second kappa shape index (κ2) is 4.49. The lowest BCUT2D eigenvalue weighted by atomic mass is 9.96. The fourth-order valence-electron chi connectivity index (χ4n) is 1.86. The fourth-order valence-corrected chi connectivity index (χ4v) is 1.86. The number of hydrogen-bond acceptors (Lipinski definition) is 3. The first kappa shape index (κ1) is 11.5. The molecule has 88 valence electrons. The minimum absolute atomic E-state index is 0.106. The average molecular weight is 230 g/mol. The van der Waals surface area contributed by atoms with E-state index >= 15 is 0 Å². The highest BCUT2D eigenvalue weighted by Crippen LogP contribution is 2.23. The number of benzene rings is 1. The normalized spacial score (nSPS) is 20.1. The molecule has 0 saturated heterocycles. The Hall–Kier alpha value is -1.97. The van der Waals surface area contributed by atoms with Gasteiger partial charge in [-0.3, -0.25) is 9.59 Å². The summed E-state index contributed by atoms with van der Waals surface area (Å²) in [5.41, 5.74) is 1.50. The standard InChI is InChI=1S/C13H14N2O2/c1-9-8-12(10(2)16)13(17)15(14-9)11-6-4-3-5-7-11/h3-7,12H,8H2,1-2H3/t12-/m1/s1. The van der Waals surface area contributed by atoms with Crippen molar-refractivity contribution < 1.29 is 9.59 Å². The third-order valence-corrected chi connectivity index (χ3v) is 2.77. The molecule has 0 saturated carbocycles. The number of hydrazone groups is 1. The molecule has 4 nitrogen and oxygen atoms in total. The molecule has 2 rings (SSSR count). The Kier molecular flexibility index (Phi) is 3.04. The number of carbonyl (C=O) groups is 2. The molecule has 1 atom stereocenters. The monoisotopic (exact) mass is 230 g/mol. The maximum atomic E-state index is 12.1. The van der Waals surface area contributed by atoms with E-state index in [-0.39, 0.29) is 11.7 Å². The summed E-state index contributed by atoms with van der Waals surface area (Å²) in [6.45, 7) is 3.28. The van der Waals surface area contributed by atoms with Crippen molar-refractivity contribution in [1.82, 2.24) is 0 Å². The lowest BCUT2D eigenvalue weighted by Crippen LogP contribution is -2.41. The number of carbonyl (C=O) groups excluding carboxylic acids is 2. The van der Waals surface area contributed by atoms with Gasteiger partial charge in [-0.2, -0.15) is 5.10 Å². The number of Topliss-reactive ketones (excluding diaryl/α,β-unsaturated/α-hetero) is 1. The van der Waals surface area contributed by atoms with Gasteiger partial charge in [-0.1, -0.05) is 18.2 Å². The van der Waals surface area contributed by atoms with Gasteiger partial charge in [-0.15, -0.1) is 0 Å². The Labute approximate surface area is 99.9 Å². The summed E-state index contributed by atoms with van der Waals surface area (Å²) >= 11 is 0. The van der Waals surface area contributed by atoms with E-state index in [4.69, 9.17) is 0 Å². The highest BCUT2D eigenvalue weighted by molar-refractivity contribution is 6.12. The molecule has 17 heavy (non-hydrogen) atoms. The maximum Gasteiger partial charge on any atom is 0.258 e. The molecule has 1 aromatic rings. The Morgan fingerprint density at radius 1 is 1.35 bits per heavy atom. The Morgan fingerprint density at radius 2 is 2.00 bits per heavy atom. The van der Waals surface area contributed by atoms with Crippen molar-refractivity contribution in [2.24, 2.45) is 11.0 Å². The summed E-state index contributed by atoms with van der Waals surface area (Å²) in [7, 11) is 0. The van der Waals surface area contributed by atoms with Crippen molar-refractivity contribution in [3.05, 3.63) is 30.3 Å². The molecular weight excluding hydrogens is 216 g/mol. The van der Waals surface area contributed by atoms with E-state index in [1.165, 1.54) is 11.9 Å². The van der Waals surface area contributed by atoms with Crippen molar-refractivity contribution in [2.75, 3.05) is 5.01 Å². The zero-order chi connectivity index (χ0) is 12.4. The van der Waals surface area contributed by atoms with Crippen LogP contribution in [0.25, 0.3) is 0 Å². The summed E-state index contributed by atoms with van der Waals surface area (Å²) in [5, 5.41) is 5.54. The number of nitrogens with zero attached hydrogens (tertiary/aromatic N) is 2. The topological polar surface area (TPSA) is 49.7 Å². The van der Waals surface area contributed by atoms with Gasteiger partial charge in [0.25, 0.3) is 5.91 Å². The molecule has 1 aliphatic heterocycles. The first-order chi connectivity index (χ1) is 8.09. The first-order valence-electron chi connectivity index (χ1n) is 5.53. The smallest absolute Gasteiger partial charge is 0.258 e. The van der Waals surface area contributed by atoms with Gasteiger partial charge in [0.15, 0.2) is 0 Å². The van der Waals surface area contributed by atoms with Gasteiger partial charge >= 0.3 is 0 Å². The Morgan fingerprint density at radius 3 is 2.59 bits per heavy atom. The molecule has 0 N–H and O–H groups in total. The third kappa shape index (κ3) is 2.25. The third-order valence-electron chi connectivity index (χ3n) is 2.77. The largest absolute Gasteiger partial charge is 0.299 e. The summed E-state index contributed by atoms with van der Waals surface area (Å²) < 4.78 is 0. The number of rotatable bonds is 2. The van der Waals surface area contributed by atoms with Gasteiger partial charge in [0.2, 0.25) is 0 Å². The van der Waals surface area contributed by atoms with Crippen molar-refractivity contribution >= 4 is 23.1 Å². The minimum Gasteiger partial charge on any atom is -0.299 e. The van der Waals surface area contributed by atoms with E-state index in [2.05, 4.69) is 5.10 Å². The van der Waals surface area contributed by atoms with Crippen molar-refractivity contribution in [3.8, 4) is 0 Å². The van der Waals surface area contributed by atoms with Gasteiger partial charge in [-0.25, -0.2) is 5.01 Å². The molecule has 0 spiro atoms. The summed E-state index contributed by atoms with van der Waals surface area (Å²) in [5.74, 6) is -0.938. The summed E-state index contributed by atoms with van der Waals surface area (Å²) in [6.07, 6.45) is 0.428. The van der Waals surface area contributed by atoms with Crippen molar-refractivity contribution in [1.29, 1.82) is 0 Å². The van der Waals surface area contributed by atoms with Crippen LogP contribution in [-0.4, -0.2) is 17.4 Å². The molecule has 0 bridgehead atoms. The quantitative estimate of drug-likeness (QED) is 0.730. The first-order valence-corrected chi connectivity index (χ1v) is 5.53. The molecule has 0 unspecified atom stereocenters. The van der Waals surface area contributed by atoms with Gasteiger partial charge in [-0.05, 0) is 26.0 Å². The van der Waals surface area contributed by atoms with E-state index in [1.54, 1.807) is 12.1 Å². The molecule has 4 heteroatoms. The van der Waals surface area contributed by atoms with E-state index in [0.29, 0.717) is 12.1 Å². The van der Waals surface area contributed by atoms with Crippen LogP contribution in [0, 0.1) is 5.92 Å². The molecule has 1 aliphatic rings. The van der Waals surface area contributed by atoms with E-state index in [1.807, 2.05) is 25.1 Å². The second-order valence-electron chi connectivity index (χ2n) is 4.19. The van der Waals surface area contributed by atoms with Gasteiger partial charge in [0.1, 0.15) is 11.7 Å². The number of para-hydroxylation sites is 1. The lowest BCUT2D eigenvalue weighted by molar-refractivity contribution is -0.131. The van der Waals surface area contributed by atoms with Gasteiger partial charge in [0.05, 0.1) is 5.69 Å². The highest BCUT2D eigenvalue weighted by Gasteiger charge is 2.33. The Bertz CT molecular complexity index is 479. The molecule has 0 radical (unpaired) electrons. The van der Waals surface area contributed by atoms with Crippen LogP contribution in [0.4, 0.5) is 5.69 Å².